The number of hydrogen-bond acceptors (Lipinski definition) is 3. The fourth-order valence-electron chi connectivity index (χ4n) is 4.30. The van der Waals surface area contributed by atoms with Crippen molar-refractivity contribution >= 4 is 6.03 Å². The Morgan fingerprint density at radius 3 is 2.56 bits per heavy atom. The molecular formula is C20H30N2O3. The maximum absolute atomic E-state index is 12.5. The topological polar surface area (TPSA) is 61.8 Å². The van der Waals surface area contributed by atoms with Crippen molar-refractivity contribution in [3.05, 3.63) is 35.4 Å². The number of piperidine rings is 1. The molecule has 1 saturated heterocycles. The van der Waals surface area contributed by atoms with Gasteiger partial charge in [-0.1, -0.05) is 31.2 Å². The zero-order valence-electron chi connectivity index (χ0n) is 15.3. The van der Waals surface area contributed by atoms with Crippen LogP contribution < -0.4 is 5.32 Å². The second-order valence-electron chi connectivity index (χ2n) is 7.20. The van der Waals surface area contributed by atoms with Crippen molar-refractivity contribution in [2.45, 2.75) is 58.3 Å². The Morgan fingerprint density at radius 1 is 1.28 bits per heavy atom. The first-order valence-corrected chi connectivity index (χ1v) is 9.50. The first-order valence-electron chi connectivity index (χ1n) is 9.50. The summed E-state index contributed by atoms with van der Waals surface area (Å²) in [7, 11) is 0. The van der Waals surface area contributed by atoms with Crippen LogP contribution in [-0.4, -0.2) is 47.9 Å². The highest BCUT2D eigenvalue weighted by Crippen LogP contribution is 2.50. The van der Waals surface area contributed by atoms with Gasteiger partial charge in [-0.3, -0.25) is 0 Å². The van der Waals surface area contributed by atoms with Crippen LogP contribution in [0.2, 0.25) is 0 Å². The number of urea groups is 1. The van der Waals surface area contributed by atoms with Crippen LogP contribution >= 0.6 is 0 Å². The molecular weight excluding hydrogens is 316 g/mol. The van der Waals surface area contributed by atoms with Crippen LogP contribution in [0.5, 0.6) is 0 Å². The minimum Gasteiger partial charge on any atom is -0.392 e. The van der Waals surface area contributed by atoms with Crippen molar-refractivity contribution < 1.29 is 14.6 Å². The Balaban J connectivity index is 1.52. The molecule has 0 radical (unpaired) electrons. The van der Waals surface area contributed by atoms with Gasteiger partial charge in [-0.25, -0.2) is 4.79 Å². The van der Waals surface area contributed by atoms with E-state index in [1.165, 1.54) is 11.1 Å². The highest BCUT2D eigenvalue weighted by atomic mass is 16.5. The number of aryl methyl sites for hydroxylation is 1. The van der Waals surface area contributed by atoms with Crippen molar-refractivity contribution in [2.24, 2.45) is 5.41 Å². The number of aliphatic hydroxyl groups excluding tert-OH is 1. The highest BCUT2D eigenvalue weighted by molar-refractivity contribution is 5.74. The van der Waals surface area contributed by atoms with Crippen molar-refractivity contribution in [2.75, 3.05) is 19.7 Å². The van der Waals surface area contributed by atoms with Gasteiger partial charge in [0.2, 0.25) is 0 Å². The fraction of sp³-hybridized carbons (Fsp3) is 0.650. The SMILES string of the molecule is CCO[C@@H]1C[C@@H](O)C12CCN(C(=O)NCc1ccccc1CC)CC2. The molecule has 2 amide bonds. The minimum absolute atomic E-state index is 0.0115. The standard InChI is InChI=1S/C20H30N2O3/c1-3-15-7-5-6-8-16(15)14-21-19(24)22-11-9-20(10-12-22)17(23)13-18(20)25-4-2/h5-8,17-18,23H,3-4,9-14H2,1-2H3,(H,21,24)/t17-,18-/m1/s1. The smallest absolute Gasteiger partial charge is 0.317 e. The molecule has 1 aromatic rings. The van der Waals surface area contributed by atoms with Crippen LogP contribution in [0, 0.1) is 5.41 Å². The number of nitrogens with one attached hydrogen (secondary N) is 1. The van der Waals surface area contributed by atoms with Crippen LogP contribution in [0.4, 0.5) is 4.79 Å². The molecule has 1 aromatic carbocycles. The molecule has 0 unspecified atom stereocenters. The largest absolute Gasteiger partial charge is 0.392 e. The number of hydrogen-bond donors (Lipinski definition) is 2. The second kappa shape index (κ2) is 7.75. The Labute approximate surface area is 150 Å². The van der Waals surface area contributed by atoms with E-state index in [1.807, 2.05) is 24.0 Å². The molecule has 0 bridgehead atoms. The van der Waals surface area contributed by atoms with Gasteiger partial charge in [0.1, 0.15) is 0 Å². The lowest BCUT2D eigenvalue weighted by Gasteiger charge is -2.56. The lowest BCUT2D eigenvalue weighted by Crippen LogP contribution is -2.63. The molecule has 138 valence electrons. The van der Waals surface area contributed by atoms with Crippen molar-refractivity contribution in [1.82, 2.24) is 10.2 Å². The van der Waals surface area contributed by atoms with E-state index in [0.717, 1.165) is 25.7 Å². The summed E-state index contributed by atoms with van der Waals surface area (Å²) < 4.78 is 5.79. The van der Waals surface area contributed by atoms with Gasteiger partial charge in [0.15, 0.2) is 0 Å². The first kappa shape index (κ1) is 18.2. The molecule has 5 heteroatoms. The number of amides is 2. The van der Waals surface area contributed by atoms with Crippen LogP contribution in [0.3, 0.4) is 0 Å². The lowest BCUT2D eigenvalue weighted by molar-refractivity contribution is -0.207. The molecule has 2 N–H and O–H groups in total. The third-order valence-corrected chi connectivity index (χ3v) is 6.02. The Kier molecular flexibility index (Phi) is 5.64. The first-order chi connectivity index (χ1) is 12.1. The number of benzene rings is 1. The van der Waals surface area contributed by atoms with Gasteiger partial charge >= 0.3 is 6.03 Å². The summed E-state index contributed by atoms with van der Waals surface area (Å²) in [5.41, 5.74) is 2.32. The molecule has 2 atom stereocenters. The number of nitrogens with zero attached hydrogens (tertiary/aromatic N) is 1. The number of rotatable bonds is 5. The zero-order valence-corrected chi connectivity index (χ0v) is 15.3. The second-order valence-corrected chi connectivity index (χ2v) is 7.20. The van der Waals surface area contributed by atoms with Crippen LogP contribution in [0.1, 0.15) is 44.2 Å². The molecule has 1 saturated carbocycles. The van der Waals surface area contributed by atoms with Crippen LogP contribution in [0.25, 0.3) is 0 Å². The molecule has 3 rings (SSSR count). The quantitative estimate of drug-likeness (QED) is 0.862. The average molecular weight is 346 g/mol. The van der Waals surface area contributed by atoms with E-state index in [2.05, 4.69) is 24.4 Å². The predicted molar refractivity (Wildman–Crippen MR) is 97.3 cm³/mol. The molecule has 1 spiro atoms. The van der Waals surface area contributed by atoms with Crippen molar-refractivity contribution in [3.8, 4) is 0 Å². The molecule has 1 aliphatic heterocycles. The van der Waals surface area contributed by atoms with E-state index in [9.17, 15) is 9.90 Å². The van der Waals surface area contributed by atoms with E-state index >= 15 is 0 Å². The molecule has 1 aliphatic carbocycles. The maximum Gasteiger partial charge on any atom is 0.317 e. The maximum atomic E-state index is 12.5. The van der Waals surface area contributed by atoms with Crippen molar-refractivity contribution in [3.63, 3.8) is 0 Å². The molecule has 25 heavy (non-hydrogen) atoms. The summed E-state index contributed by atoms with van der Waals surface area (Å²) in [6.45, 7) is 6.73. The number of aliphatic hydroxyl groups is 1. The summed E-state index contributed by atoms with van der Waals surface area (Å²) in [5.74, 6) is 0. The van der Waals surface area contributed by atoms with Crippen LogP contribution in [0.15, 0.2) is 24.3 Å². The van der Waals surface area contributed by atoms with Crippen molar-refractivity contribution in [1.29, 1.82) is 0 Å². The predicted octanol–water partition coefficient (Wildman–Crippen LogP) is 2.71. The van der Waals surface area contributed by atoms with E-state index in [1.54, 1.807) is 0 Å². The average Bonchev–Trinajstić information content (AvgIpc) is 2.66. The highest BCUT2D eigenvalue weighted by Gasteiger charge is 2.56. The summed E-state index contributed by atoms with van der Waals surface area (Å²) >= 11 is 0. The van der Waals surface area contributed by atoms with Gasteiger partial charge in [-0.15, -0.1) is 0 Å². The van der Waals surface area contributed by atoms with Gasteiger partial charge in [-0.2, -0.15) is 0 Å². The molecule has 5 nitrogen and oxygen atoms in total. The van der Waals surface area contributed by atoms with Gasteiger partial charge in [-0.05, 0) is 37.3 Å². The Hall–Kier alpha value is -1.59. The number of carbonyl (C=O) groups is 1. The molecule has 0 aromatic heterocycles. The third-order valence-electron chi connectivity index (χ3n) is 6.02. The molecule has 2 aliphatic rings. The van der Waals surface area contributed by atoms with Crippen LogP contribution in [-0.2, 0) is 17.7 Å². The van der Waals surface area contributed by atoms with E-state index < -0.39 is 0 Å². The number of ether oxygens (including phenoxy) is 1. The van der Waals surface area contributed by atoms with Gasteiger partial charge in [0.05, 0.1) is 12.2 Å². The Morgan fingerprint density at radius 2 is 1.96 bits per heavy atom. The van der Waals surface area contributed by atoms with E-state index in [4.69, 9.17) is 4.74 Å². The Bertz CT molecular complexity index is 594. The molecule has 1 heterocycles. The number of carbonyl (C=O) groups excluding carboxylic acids is 1. The van der Waals surface area contributed by atoms with Gasteiger partial charge < -0.3 is 20.1 Å². The number of likely N-dealkylation sites (tertiary alicyclic amines) is 1. The summed E-state index contributed by atoms with van der Waals surface area (Å²) in [6.07, 6.45) is 3.19. The minimum atomic E-state index is -0.286. The molecule has 2 fully saturated rings. The van der Waals surface area contributed by atoms with E-state index in [-0.39, 0.29) is 23.7 Å². The lowest BCUT2D eigenvalue weighted by atomic mass is 9.58. The summed E-state index contributed by atoms with van der Waals surface area (Å²) in [5, 5.41) is 13.3. The van der Waals surface area contributed by atoms with E-state index in [0.29, 0.717) is 26.2 Å². The third kappa shape index (κ3) is 3.53. The van der Waals surface area contributed by atoms with Gasteiger partial charge in [0.25, 0.3) is 0 Å². The normalized spacial score (nSPS) is 24.8. The fourth-order valence-corrected chi connectivity index (χ4v) is 4.30. The summed E-state index contributed by atoms with van der Waals surface area (Å²) in [4.78, 5) is 14.4. The van der Waals surface area contributed by atoms with Gasteiger partial charge in [0, 0.05) is 38.1 Å². The zero-order chi connectivity index (χ0) is 17.9. The summed E-state index contributed by atoms with van der Waals surface area (Å²) in [6, 6.07) is 8.21. The monoisotopic (exact) mass is 346 g/mol.